The maximum atomic E-state index is 13.3. The van der Waals surface area contributed by atoms with E-state index in [2.05, 4.69) is 0 Å². The number of carbonyl (C=O) groups is 1. The van der Waals surface area contributed by atoms with E-state index in [0.717, 1.165) is 27.5 Å². The molecule has 0 saturated heterocycles. The van der Waals surface area contributed by atoms with Gasteiger partial charge in [-0.25, -0.2) is 18.4 Å². The fourth-order valence-corrected chi connectivity index (χ4v) is 2.53. The zero-order chi connectivity index (χ0) is 18.3. The second-order valence-corrected chi connectivity index (χ2v) is 5.45. The Morgan fingerprint density at radius 1 is 1.28 bits per heavy atom. The molecule has 0 amide bonds. The van der Waals surface area contributed by atoms with Crippen LogP contribution >= 0.6 is 0 Å². The molecular weight excluding hydrogens is 338 g/mol. The SMILES string of the molecule is Cc1c2n(c(=O)n(Cc3ccc(F)c(F)c3)c1=O)C=C(C(=O)O)OC2. The lowest BCUT2D eigenvalue weighted by atomic mass is 10.2. The smallest absolute Gasteiger partial charge is 0.372 e. The highest BCUT2D eigenvalue weighted by molar-refractivity contribution is 5.88. The van der Waals surface area contributed by atoms with Crippen molar-refractivity contribution in [2.75, 3.05) is 0 Å². The summed E-state index contributed by atoms with van der Waals surface area (Å²) in [5.41, 5.74) is -0.758. The minimum Gasteiger partial charge on any atom is -0.479 e. The lowest BCUT2D eigenvalue weighted by Crippen LogP contribution is -2.43. The maximum absolute atomic E-state index is 13.3. The van der Waals surface area contributed by atoms with E-state index in [1.807, 2.05) is 0 Å². The zero-order valence-electron chi connectivity index (χ0n) is 13.0. The van der Waals surface area contributed by atoms with E-state index in [0.29, 0.717) is 0 Å². The Hall–Kier alpha value is -3.23. The van der Waals surface area contributed by atoms with Gasteiger partial charge in [-0.3, -0.25) is 13.9 Å². The van der Waals surface area contributed by atoms with Crippen molar-refractivity contribution in [3.05, 3.63) is 73.3 Å². The predicted molar refractivity (Wildman–Crippen MR) is 81.9 cm³/mol. The van der Waals surface area contributed by atoms with Crippen molar-refractivity contribution >= 4 is 12.2 Å². The molecule has 1 aromatic heterocycles. The molecule has 1 N–H and O–H groups in total. The molecule has 2 heterocycles. The van der Waals surface area contributed by atoms with Gasteiger partial charge in [-0.15, -0.1) is 0 Å². The minimum atomic E-state index is -1.35. The van der Waals surface area contributed by atoms with Crippen LogP contribution in [-0.2, 0) is 22.7 Å². The molecule has 1 aliphatic heterocycles. The third-order valence-corrected chi connectivity index (χ3v) is 3.87. The summed E-state index contributed by atoms with van der Waals surface area (Å²) in [6, 6.07) is 3.04. The van der Waals surface area contributed by atoms with Crippen LogP contribution in [0.2, 0.25) is 0 Å². The molecule has 0 bridgehead atoms. The van der Waals surface area contributed by atoms with E-state index in [1.165, 1.54) is 13.0 Å². The first-order valence-electron chi connectivity index (χ1n) is 7.16. The minimum absolute atomic E-state index is 0.197. The number of fused-ring (bicyclic) bond motifs is 1. The molecule has 9 heteroatoms. The molecule has 1 aliphatic rings. The van der Waals surface area contributed by atoms with E-state index in [9.17, 15) is 23.2 Å². The summed E-state index contributed by atoms with van der Waals surface area (Å²) in [6.45, 7) is 0.950. The zero-order valence-corrected chi connectivity index (χ0v) is 13.0. The van der Waals surface area contributed by atoms with Crippen LogP contribution in [0.4, 0.5) is 8.78 Å². The first kappa shape index (κ1) is 16.6. The van der Waals surface area contributed by atoms with Gasteiger partial charge < -0.3 is 9.84 Å². The van der Waals surface area contributed by atoms with Crippen LogP contribution in [0.15, 0.2) is 33.5 Å². The van der Waals surface area contributed by atoms with Gasteiger partial charge >= 0.3 is 11.7 Å². The number of aliphatic carboxylic acids is 1. The van der Waals surface area contributed by atoms with Crippen molar-refractivity contribution in [3.8, 4) is 0 Å². The van der Waals surface area contributed by atoms with Gasteiger partial charge in [0.05, 0.1) is 18.4 Å². The number of hydrogen-bond donors (Lipinski definition) is 1. The van der Waals surface area contributed by atoms with Crippen molar-refractivity contribution in [2.24, 2.45) is 0 Å². The second-order valence-electron chi connectivity index (χ2n) is 5.45. The monoisotopic (exact) mass is 350 g/mol. The maximum Gasteiger partial charge on any atom is 0.372 e. The number of aromatic nitrogens is 2. The van der Waals surface area contributed by atoms with Gasteiger partial charge in [-0.05, 0) is 24.6 Å². The Bertz CT molecular complexity index is 1040. The normalized spacial score (nSPS) is 13.0. The van der Waals surface area contributed by atoms with E-state index >= 15 is 0 Å². The molecule has 3 rings (SSSR count). The Morgan fingerprint density at radius 3 is 2.64 bits per heavy atom. The number of ether oxygens (including phenoxy) is 1. The molecular formula is C16H12F2N2O5. The fraction of sp³-hybridized carbons (Fsp3) is 0.188. The van der Waals surface area contributed by atoms with Gasteiger partial charge in [0.25, 0.3) is 5.56 Å². The summed E-state index contributed by atoms with van der Waals surface area (Å²) >= 11 is 0. The average molecular weight is 350 g/mol. The highest BCUT2D eigenvalue weighted by Crippen LogP contribution is 2.15. The summed E-state index contributed by atoms with van der Waals surface area (Å²) in [5, 5.41) is 8.99. The number of hydrogen-bond acceptors (Lipinski definition) is 4. The molecule has 0 unspecified atom stereocenters. The first-order chi connectivity index (χ1) is 11.8. The van der Waals surface area contributed by atoms with E-state index in [4.69, 9.17) is 9.84 Å². The Kier molecular flexibility index (Phi) is 3.99. The Balaban J connectivity index is 2.16. The van der Waals surface area contributed by atoms with E-state index in [-0.39, 0.29) is 30.0 Å². The molecule has 0 fully saturated rings. The van der Waals surface area contributed by atoms with Crippen LogP contribution in [-0.4, -0.2) is 20.2 Å². The van der Waals surface area contributed by atoms with Crippen molar-refractivity contribution < 1.29 is 23.4 Å². The number of carboxylic acid groups (broad SMARTS) is 1. The van der Waals surface area contributed by atoms with Crippen molar-refractivity contribution in [1.82, 2.24) is 9.13 Å². The van der Waals surface area contributed by atoms with Gasteiger partial charge in [0.2, 0.25) is 5.76 Å². The Morgan fingerprint density at radius 2 is 2.00 bits per heavy atom. The fourth-order valence-electron chi connectivity index (χ4n) is 2.53. The largest absolute Gasteiger partial charge is 0.479 e. The van der Waals surface area contributed by atoms with Crippen LogP contribution in [0.25, 0.3) is 6.20 Å². The van der Waals surface area contributed by atoms with Gasteiger partial charge in [0.15, 0.2) is 11.6 Å². The molecule has 25 heavy (non-hydrogen) atoms. The van der Waals surface area contributed by atoms with Gasteiger partial charge in [0, 0.05) is 5.56 Å². The topological polar surface area (TPSA) is 90.5 Å². The van der Waals surface area contributed by atoms with Crippen LogP contribution in [0.5, 0.6) is 0 Å². The standard InChI is InChI=1S/C16H12F2N2O5/c1-8-12-7-25-13(15(22)23)6-19(12)16(24)20(14(8)21)5-9-2-3-10(17)11(18)4-9/h2-4,6H,5,7H2,1H3,(H,22,23). The van der Waals surface area contributed by atoms with E-state index < -0.39 is 34.6 Å². The molecule has 7 nitrogen and oxygen atoms in total. The quantitative estimate of drug-likeness (QED) is 0.894. The summed E-state index contributed by atoms with van der Waals surface area (Å²) in [6.07, 6.45) is 0.984. The first-order valence-corrected chi connectivity index (χ1v) is 7.16. The summed E-state index contributed by atoms with van der Waals surface area (Å²) in [4.78, 5) is 36.0. The molecule has 0 atom stereocenters. The van der Waals surface area contributed by atoms with Gasteiger partial charge in [-0.1, -0.05) is 6.07 Å². The summed E-state index contributed by atoms with van der Waals surface area (Å²) in [7, 11) is 0. The molecule has 130 valence electrons. The summed E-state index contributed by atoms with van der Waals surface area (Å²) < 4.78 is 33.2. The van der Waals surface area contributed by atoms with Crippen LogP contribution in [0.3, 0.4) is 0 Å². The third kappa shape index (κ3) is 2.84. The predicted octanol–water partition coefficient (Wildman–Crippen LogP) is 1.06. The highest BCUT2D eigenvalue weighted by Gasteiger charge is 2.23. The number of halogens is 2. The number of nitrogens with zero attached hydrogens (tertiary/aromatic N) is 2. The lowest BCUT2D eigenvalue weighted by Gasteiger charge is -2.20. The van der Waals surface area contributed by atoms with Gasteiger partial charge in [0.1, 0.15) is 6.61 Å². The van der Waals surface area contributed by atoms with Crippen LogP contribution in [0.1, 0.15) is 16.8 Å². The molecule has 2 aromatic rings. The molecule has 0 spiro atoms. The molecule has 0 aliphatic carbocycles. The van der Waals surface area contributed by atoms with Crippen LogP contribution < -0.4 is 11.2 Å². The van der Waals surface area contributed by atoms with Gasteiger partial charge in [-0.2, -0.15) is 0 Å². The molecule has 0 saturated carbocycles. The van der Waals surface area contributed by atoms with Crippen molar-refractivity contribution in [1.29, 1.82) is 0 Å². The number of carboxylic acids is 1. The molecule has 0 radical (unpaired) electrons. The Labute approximate surface area is 139 Å². The van der Waals surface area contributed by atoms with Crippen molar-refractivity contribution in [3.63, 3.8) is 0 Å². The number of benzene rings is 1. The van der Waals surface area contributed by atoms with E-state index in [1.54, 1.807) is 0 Å². The lowest BCUT2D eigenvalue weighted by molar-refractivity contribution is -0.136. The third-order valence-electron chi connectivity index (χ3n) is 3.87. The highest BCUT2D eigenvalue weighted by atomic mass is 19.2. The average Bonchev–Trinajstić information content (AvgIpc) is 2.59. The molecule has 1 aromatic carbocycles. The summed E-state index contributed by atoms with van der Waals surface area (Å²) in [5.74, 6) is -3.93. The van der Waals surface area contributed by atoms with Crippen LogP contribution in [0, 0.1) is 18.6 Å². The number of rotatable bonds is 3. The van der Waals surface area contributed by atoms with Crippen molar-refractivity contribution in [2.45, 2.75) is 20.1 Å². The second kappa shape index (κ2) is 6.00.